The molecule has 0 saturated heterocycles. The van der Waals surface area contributed by atoms with Gasteiger partial charge in [0.15, 0.2) is 0 Å². The lowest BCUT2D eigenvalue weighted by Crippen LogP contribution is -2.18. The van der Waals surface area contributed by atoms with Gasteiger partial charge in [0.25, 0.3) is 5.91 Å². The standard InChI is InChI=1S/C18H18N2O4/c1-3-24-18(23)14-9-5-7-11-16(14)20-17(22)13-8-4-6-10-15(13)19-12(2)21/h4-11H,3H2,1-2H3,(H,19,21)(H,20,22). The Hall–Kier alpha value is -3.15. The summed E-state index contributed by atoms with van der Waals surface area (Å²) in [6.45, 7) is 3.32. The van der Waals surface area contributed by atoms with Gasteiger partial charge in [-0.05, 0) is 31.2 Å². The van der Waals surface area contributed by atoms with Crippen LogP contribution in [0.4, 0.5) is 11.4 Å². The van der Waals surface area contributed by atoms with Gasteiger partial charge in [-0.25, -0.2) is 4.79 Å². The van der Waals surface area contributed by atoms with Gasteiger partial charge in [-0.2, -0.15) is 0 Å². The molecule has 0 heterocycles. The lowest BCUT2D eigenvalue weighted by Gasteiger charge is -2.12. The van der Waals surface area contributed by atoms with Crippen LogP contribution in [-0.4, -0.2) is 24.4 Å². The average Bonchev–Trinajstić information content (AvgIpc) is 2.55. The predicted octanol–water partition coefficient (Wildman–Crippen LogP) is 3.07. The first-order chi connectivity index (χ1) is 11.5. The van der Waals surface area contributed by atoms with Crippen LogP contribution < -0.4 is 10.6 Å². The molecule has 24 heavy (non-hydrogen) atoms. The molecule has 0 aromatic heterocycles. The van der Waals surface area contributed by atoms with Gasteiger partial charge in [-0.1, -0.05) is 24.3 Å². The average molecular weight is 326 g/mol. The maximum Gasteiger partial charge on any atom is 0.340 e. The second-order valence-corrected chi connectivity index (χ2v) is 4.95. The first-order valence-corrected chi connectivity index (χ1v) is 7.47. The fourth-order valence-corrected chi connectivity index (χ4v) is 2.15. The van der Waals surface area contributed by atoms with E-state index >= 15 is 0 Å². The van der Waals surface area contributed by atoms with Gasteiger partial charge in [0.2, 0.25) is 5.91 Å². The summed E-state index contributed by atoms with van der Waals surface area (Å²) in [6.07, 6.45) is 0. The number of ether oxygens (including phenoxy) is 1. The Morgan fingerprint density at radius 2 is 1.42 bits per heavy atom. The molecule has 0 aliphatic carbocycles. The number of hydrogen-bond donors (Lipinski definition) is 2. The van der Waals surface area contributed by atoms with Crippen LogP contribution in [-0.2, 0) is 9.53 Å². The molecule has 0 unspecified atom stereocenters. The Balaban J connectivity index is 2.28. The zero-order chi connectivity index (χ0) is 17.5. The third-order valence-electron chi connectivity index (χ3n) is 3.15. The van der Waals surface area contributed by atoms with Crippen LogP contribution in [0.1, 0.15) is 34.6 Å². The SMILES string of the molecule is CCOC(=O)c1ccccc1NC(=O)c1ccccc1NC(C)=O. The van der Waals surface area contributed by atoms with Crippen molar-refractivity contribution in [1.82, 2.24) is 0 Å². The molecule has 0 bridgehead atoms. The molecule has 124 valence electrons. The van der Waals surface area contributed by atoms with Crippen molar-refractivity contribution in [1.29, 1.82) is 0 Å². The van der Waals surface area contributed by atoms with E-state index in [1.54, 1.807) is 55.5 Å². The highest BCUT2D eigenvalue weighted by molar-refractivity contribution is 6.12. The van der Waals surface area contributed by atoms with Gasteiger partial charge in [-0.3, -0.25) is 9.59 Å². The van der Waals surface area contributed by atoms with E-state index in [4.69, 9.17) is 4.74 Å². The normalized spacial score (nSPS) is 9.92. The summed E-state index contributed by atoms with van der Waals surface area (Å²) in [7, 11) is 0. The Kier molecular flexibility index (Phi) is 5.68. The number of hydrogen-bond acceptors (Lipinski definition) is 4. The van der Waals surface area contributed by atoms with E-state index in [0.29, 0.717) is 16.9 Å². The van der Waals surface area contributed by atoms with Crippen molar-refractivity contribution in [3.05, 3.63) is 59.7 Å². The molecule has 0 fully saturated rings. The molecule has 6 heteroatoms. The summed E-state index contributed by atoms with van der Waals surface area (Å²) in [5, 5.41) is 5.30. The number of amides is 2. The fraction of sp³-hybridized carbons (Fsp3) is 0.167. The number of benzene rings is 2. The lowest BCUT2D eigenvalue weighted by molar-refractivity contribution is -0.114. The molecule has 0 atom stereocenters. The van der Waals surface area contributed by atoms with E-state index < -0.39 is 11.9 Å². The van der Waals surface area contributed by atoms with Crippen LogP contribution in [0.3, 0.4) is 0 Å². The number of carbonyl (C=O) groups excluding carboxylic acids is 3. The van der Waals surface area contributed by atoms with E-state index in [-0.39, 0.29) is 18.1 Å². The van der Waals surface area contributed by atoms with Crippen molar-refractivity contribution in [2.24, 2.45) is 0 Å². The van der Waals surface area contributed by atoms with Gasteiger partial charge in [0.05, 0.1) is 29.1 Å². The van der Waals surface area contributed by atoms with Crippen LogP contribution >= 0.6 is 0 Å². The van der Waals surface area contributed by atoms with Crippen molar-refractivity contribution in [3.63, 3.8) is 0 Å². The largest absolute Gasteiger partial charge is 0.462 e. The minimum absolute atomic E-state index is 0.243. The molecule has 0 radical (unpaired) electrons. The van der Waals surface area contributed by atoms with E-state index in [2.05, 4.69) is 10.6 Å². The summed E-state index contributed by atoms with van der Waals surface area (Å²) >= 11 is 0. The molecule has 0 aliphatic rings. The third kappa shape index (κ3) is 4.19. The number of carbonyl (C=O) groups is 3. The molecule has 6 nitrogen and oxygen atoms in total. The number of nitrogens with one attached hydrogen (secondary N) is 2. The van der Waals surface area contributed by atoms with Crippen LogP contribution in [0, 0.1) is 0 Å². The highest BCUT2D eigenvalue weighted by Crippen LogP contribution is 2.20. The first kappa shape index (κ1) is 17.2. The van der Waals surface area contributed by atoms with Gasteiger partial charge in [0, 0.05) is 6.92 Å². The van der Waals surface area contributed by atoms with E-state index in [1.807, 2.05) is 0 Å². The van der Waals surface area contributed by atoms with E-state index in [1.165, 1.54) is 6.92 Å². The summed E-state index contributed by atoms with van der Waals surface area (Å²) in [4.78, 5) is 35.8. The van der Waals surface area contributed by atoms with Crippen molar-refractivity contribution in [2.45, 2.75) is 13.8 Å². The van der Waals surface area contributed by atoms with Crippen LogP contribution in [0.2, 0.25) is 0 Å². The maximum absolute atomic E-state index is 12.5. The fourth-order valence-electron chi connectivity index (χ4n) is 2.15. The van der Waals surface area contributed by atoms with Crippen LogP contribution in [0.15, 0.2) is 48.5 Å². The lowest BCUT2D eigenvalue weighted by atomic mass is 10.1. The zero-order valence-corrected chi connectivity index (χ0v) is 13.5. The van der Waals surface area contributed by atoms with Gasteiger partial charge in [-0.15, -0.1) is 0 Å². The van der Waals surface area contributed by atoms with Gasteiger partial charge >= 0.3 is 5.97 Å². The summed E-state index contributed by atoms with van der Waals surface area (Å²) in [6, 6.07) is 13.2. The van der Waals surface area contributed by atoms with Crippen LogP contribution in [0.25, 0.3) is 0 Å². The van der Waals surface area contributed by atoms with Gasteiger partial charge < -0.3 is 15.4 Å². The van der Waals surface area contributed by atoms with E-state index in [9.17, 15) is 14.4 Å². The summed E-state index contributed by atoms with van der Waals surface area (Å²) < 4.78 is 4.98. The molecule has 0 aliphatic heterocycles. The summed E-state index contributed by atoms with van der Waals surface area (Å²) in [5.41, 5.74) is 1.31. The zero-order valence-electron chi connectivity index (χ0n) is 13.5. The molecule has 2 aromatic rings. The van der Waals surface area contributed by atoms with Crippen molar-refractivity contribution in [2.75, 3.05) is 17.2 Å². The number of esters is 1. The molecular weight excluding hydrogens is 308 g/mol. The van der Waals surface area contributed by atoms with Crippen molar-refractivity contribution < 1.29 is 19.1 Å². The van der Waals surface area contributed by atoms with Gasteiger partial charge in [0.1, 0.15) is 0 Å². The second kappa shape index (κ2) is 7.92. The van der Waals surface area contributed by atoms with Crippen molar-refractivity contribution >= 4 is 29.2 Å². The molecule has 2 amide bonds. The van der Waals surface area contributed by atoms with Crippen molar-refractivity contribution in [3.8, 4) is 0 Å². The number of para-hydroxylation sites is 2. The Labute approximate surface area is 139 Å². The highest BCUT2D eigenvalue weighted by atomic mass is 16.5. The minimum Gasteiger partial charge on any atom is -0.462 e. The topological polar surface area (TPSA) is 84.5 Å². The second-order valence-electron chi connectivity index (χ2n) is 4.95. The molecular formula is C18H18N2O4. The number of rotatable bonds is 5. The molecule has 2 N–H and O–H groups in total. The Morgan fingerprint density at radius 3 is 2.00 bits per heavy atom. The van der Waals surface area contributed by atoms with Crippen LogP contribution in [0.5, 0.6) is 0 Å². The third-order valence-corrected chi connectivity index (χ3v) is 3.15. The maximum atomic E-state index is 12.5. The minimum atomic E-state index is -0.511. The molecule has 2 rings (SSSR count). The monoisotopic (exact) mass is 326 g/mol. The quantitative estimate of drug-likeness (QED) is 0.827. The highest BCUT2D eigenvalue weighted by Gasteiger charge is 2.17. The Bertz CT molecular complexity index is 771. The molecule has 0 spiro atoms. The summed E-state index contributed by atoms with van der Waals surface area (Å²) in [5.74, 6) is -1.22. The van der Waals surface area contributed by atoms with E-state index in [0.717, 1.165) is 0 Å². The smallest absolute Gasteiger partial charge is 0.340 e. The number of anilines is 2. The molecule has 0 saturated carbocycles. The molecule has 2 aromatic carbocycles. The Morgan fingerprint density at radius 1 is 0.875 bits per heavy atom. The predicted molar refractivity (Wildman–Crippen MR) is 91.1 cm³/mol. The first-order valence-electron chi connectivity index (χ1n) is 7.47.